The van der Waals surface area contributed by atoms with Crippen LogP contribution in [0.4, 0.5) is 0 Å². The van der Waals surface area contributed by atoms with Crippen LogP contribution in [-0.2, 0) is 19.4 Å². The minimum Gasteiger partial charge on any atom is -0.493 e. The van der Waals surface area contributed by atoms with E-state index >= 15 is 0 Å². The molecule has 2 aromatic carbocycles. The van der Waals surface area contributed by atoms with E-state index in [2.05, 4.69) is 30.4 Å². The number of hydrogen-bond acceptors (Lipinski definition) is 3. The first-order valence-corrected chi connectivity index (χ1v) is 12.4. The van der Waals surface area contributed by atoms with Gasteiger partial charge in [0, 0.05) is 31.7 Å². The summed E-state index contributed by atoms with van der Waals surface area (Å²) in [5.41, 5.74) is 5.44. The van der Waals surface area contributed by atoms with Gasteiger partial charge in [0.2, 0.25) is 0 Å². The summed E-state index contributed by atoms with van der Waals surface area (Å²) in [7, 11) is 1.94. The zero-order chi connectivity index (χ0) is 22.1. The predicted molar refractivity (Wildman–Crippen MR) is 128 cm³/mol. The van der Waals surface area contributed by atoms with E-state index in [4.69, 9.17) is 4.74 Å². The number of carbonyl (C=O) groups is 1. The zero-order valence-corrected chi connectivity index (χ0v) is 19.5. The Kier molecular flexibility index (Phi) is 5.98. The second kappa shape index (κ2) is 8.90. The Balaban J connectivity index is 1.15. The number of hydrogen-bond donors (Lipinski definition) is 1. The van der Waals surface area contributed by atoms with E-state index < -0.39 is 0 Å². The van der Waals surface area contributed by atoms with Crippen molar-refractivity contribution in [2.45, 2.75) is 64.5 Å². The van der Waals surface area contributed by atoms with Gasteiger partial charge in [0.1, 0.15) is 5.75 Å². The summed E-state index contributed by atoms with van der Waals surface area (Å²) in [6.45, 7) is 5.16. The molecule has 1 N–H and O–H groups in total. The second-order valence-corrected chi connectivity index (χ2v) is 10.3. The van der Waals surface area contributed by atoms with Crippen LogP contribution in [0.2, 0.25) is 0 Å². The van der Waals surface area contributed by atoms with Crippen molar-refractivity contribution >= 4 is 5.91 Å². The summed E-state index contributed by atoms with van der Waals surface area (Å²) < 4.78 is 5.80. The third-order valence-electron chi connectivity index (χ3n) is 7.87. The van der Waals surface area contributed by atoms with Crippen LogP contribution in [0.3, 0.4) is 0 Å². The fraction of sp³-hybridized carbons (Fsp3) is 0.536. The maximum absolute atomic E-state index is 13.1. The molecule has 5 rings (SSSR count). The molecule has 0 spiro atoms. The molecule has 0 radical (unpaired) electrons. The van der Waals surface area contributed by atoms with Crippen LogP contribution in [0.1, 0.15) is 66.1 Å². The standard InChI is InChI=1S/C28H36N2O2/c1-3-28(12-13-28)19-29-17-21-6-7-23-15-25(16-24(23)14-21)30(2)27(31)22-8-10-26(11-9-22)32-18-20-4-5-20/h6-11,14,20,25,29H,3-5,12-13,15-19H2,1-2H3. The summed E-state index contributed by atoms with van der Waals surface area (Å²) in [6.07, 6.45) is 8.46. The molecule has 0 saturated heterocycles. The van der Waals surface area contributed by atoms with Gasteiger partial charge in [-0.05, 0) is 97.2 Å². The van der Waals surface area contributed by atoms with Crippen LogP contribution in [-0.4, -0.2) is 37.0 Å². The highest BCUT2D eigenvalue weighted by molar-refractivity contribution is 5.94. The third kappa shape index (κ3) is 4.85. The smallest absolute Gasteiger partial charge is 0.253 e. The molecule has 1 amide bonds. The quantitative estimate of drug-likeness (QED) is 0.575. The summed E-state index contributed by atoms with van der Waals surface area (Å²) in [5, 5.41) is 3.67. The van der Waals surface area contributed by atoms with Gasteiger partial charge in [-0.15, -0.1) is 0 Å². The lowest BCUT2D eigenvalue weighted by Gasteiger charge is -2.24. The highest BCUT2D eigenvalue weighted by Gasteiger charge is 2.39. The number of nitrogens with one attached hydrogen (secondary N) is 1. The Labute approximate surface area is 192 Å². The predicted octanol–water partition coefficient (Wildman–Crippen LogP) is 4.99. The van der Waals surface area contributed by atoms with Gasteiger partial charge in [0.25, 0.3) is 5.91 Å². The fourth-order valence-electron chi connectivity index (χ4n) is 4.90. The molecular formula is C28H36N2O2. The molecule has 0 heterocycles. The van der Waals surface area contributed by atoms with Gasteiger partial charge in [-0.3, -0.25) is 4.79 Å². The van der Waals surface area contributed by atoms with E-state index in [0.29, 0.717) is 5.41 Å². The number of benzene rings is 2. The van der Waals surface area contributed by atoms with E-state index in [-0.39, 0.29) is 11.9 Å². The monoisotopic (exact) mass is 432 g/mol. The first-order valence-electron chi connectivity index (χ1n) is 12.4. The summed E-state index contributed by atoms with van der Waals surface area (Å²) in [4.78, 5) is 15.0. The number of ether oxygens (including phenoxy) is 1. The Bertz CT molecular complexity index is 960. The molecule has 32 heavy (non-hydrogen) atoms. The van der Waals surface area contributed by atoms with Gasteiger partial charge in [-0.1, -0.05) is 25.1 Å². The number of amides is 1. The van der Waals surface area contributed by atoms with Crippen molar-refractivity contribution in [3.8, 4) is 5.75 Å². The van der Waals surface area contributed by atoms with Gasteiger partial charge >= 0.3 is 0 Å². The van der Waals surface area contributed by atoms with Gasteiger partial charge in [0.15, 0.2) is 0 Å². The lowest BCUT2D eigenvalue weighted by molar-refractivity contribution is 0.0737. The average Bonchev–Trinajstić information content (AvgIpc) is 3.75. The van der Waals surface area contributed by atoms with Gasteiger partial charge in [-0.2, -0.15) is 0 Å². The summed E-state index contributed by atoms with van der Waals surface area (Å²) in [5.74, 6) is 1.68. The van der Waals surface area contributed by atoms with Crippen LogP contribution in [0.5, 0.6) is 5.75 Å². The SMILES string of the molecule is CCC1(CNCc2ccc3c(c2)CC(N(C)C(=O)c2ccc(OCC4CC4)cc2)C3)CC1. The van der Waals surface area contributed by atoms with Crippen molar-refractivity contribution in [1.82, 2.24) is 10.2 Å². The minimum absolute atomic E-state index is 0.0905. The topological polar surface area (TPSA) is 41.6 Å². The number of nitrogens with zero attached hydrogens (tertiary/aromatic N) is 1. The van der Waals surface area contributed by atoms with Gasteiger partial charge in [0.05, 0.1) is 6.61 Å². The molecule has 0 aromatic heterocycles. The van der Waals surface area contributed by atoms with Crippen LogP contribution in [0.15, 0.2) is 42.5 Å². The zero-order valence-electron chi connectivity index (χ0n) is 19.5. The molecule has 0 bridgehead atoms. The van der Waals surface area contributed by atoms with Crippen LogP contribution in [0, 0.1) is 11.3 Å². The Hall–Kier alpha value is -2.33. The molecule has 4 heteroatoms. The van der Waals surface area contributed by atoms with Crippen molar-refractivity contribution in [3.05, 3.63) is 64.7 Å². The van der Waals surface area contributed by atoms with Crippen molar-refractivity contribution in [2.75, 3.05) is 20.2 Å². The van der Waals surface area contributed by atoms with E-state index in [1.54, 1.807) is 0 Å². The largest absolute Gasteiger partial charge is 0.493 e. The van der Waals surface area contributed by atoms with E-state index in [9.17, 15) is 4.79 Å². The van der Waals surface area contributed by atoms with Gasteiger partial charge in [-0.25, -0.2) is 0 Å². The Morgan fingerprint density at radius 1 is 1.09 bits per heavy atom. The van der Waals surface area contributed by atoms with Crippen molar-refractivity contribution in [1.29, 1.82) is 0 Å². The van der Waals surface area contributed by atoms with Crippen molar-refractivity contribution < 1.29 is 9.53 Å². The lowest BCUT2D eigenvalue weighted by atomic mass is 10.0. The molecule has 2 fully saturated rings. The molecule has 2 aromatic rings. The summed E-state index contributed by atoms with van der Waals surface area (Å²) in [6, 6.07) is 14.7. The first-order chi connectivity index (χ1) is 15.5. The second-order valence-electron chi connectivity index (χ2n) is 10.3. The molecule has 2 saturated carbocycles. The third-order valence-corrected chi connectivity index (χ3v) is 7.87. The highest BCUT2D eigenvalue weighted by Crippen LogP contribution is 2.47. The summed E-state index contributed by atoms with van der Waals surface area (Å²) >= 11 is 0. The molecule has 3 aliphatic rings. The fourth-order valence-corrected chi connectivity index (χ4v) is 4.90. The van der Waals surface area contributed by atoms with Crippen LogP contribution >= 0.6 is 0 Å². The Morgan fingerprint density at radius 2 is 1.84 bits per heavy atom. The Morgan fingerprint density at radius 3 is 2.53 bits per heavy atom. The normalized spacial score (nSPS) is 20.6. The van der Waals surface area contributed by atoms with Crippen molar-refractivity contribution in [2.24, 2.45) is 11.3 Å². The molecule has 3 aliphatic carbocycles. The van der Waals surface area contributed by atoms with E-state index in [1.165, 1.54) is 48.8 Å². The number of carbonyl (C=O) groups excluding carboxylic acids is 1. The molecule has 1 atom stereocenters. The van der Waals surface area contributed by atoms with Crippen LogP contribution < -0.4 is 10.1 Å². The molecule has 4 nitrogen and oxygen atoms in total. The maximum Gasteiger partial charge on any atom is 0.253 e. The lowest BCUT2D eigenvalue weighted by Crippen LogP contribution is -2.37. The molecule has 1 unspecified atom stereocenters. The van der Waals surface area contributed by atoms with Crippen LogP contribution in [0.25, 0.3) is 0 Å². The minimum atomic E-state index is 0.0905. The molecular weight excluding hydrogens is 396 g/mol. The highest BCUT2D eigenvalue weighted by atomic mass is 16.5. The van der Waals surface area contributed by atoms with Gasteiger partial charge < -0.3 is 15.0 Å². The van der Waals surface area contributed by atoms with E-state index in [0.717, 1.165) is 49.8 Å². The maximum atomic E-state index is 13.1. The average molecular weight is 433 g/mol. The van der Waals surface area contributed by atoms with Crippen molar-refractivity contribution in [3.63, 3.8) is 0 Å². The number of rotatable bonds is 10. The molecule has 0 aliphatic heterocycles. The molecule has 170 valence electrons. The number of likely N-dealkylation sites (N-methyl/N-ethyl adjacent to an activating group) is 1. The number of fused-ring (bicyclic) bond motifs is 1. The van der Waals surface area contributed by atoms with E-state index in [1.807, 2.05) is 36.2 Å². The first kappa shape index (κ1) is 21.5.